The topological polar surface area (TPSA) is 67.4 Å². The second kappa shape index (κ2) is 7.38. The van der Waals surface area contributed by atoms with Crippen LogP contribution in [0.15, 0.2) is 42.5 Å². The molecular weight excluding hydrogens is 316 g/mol. The third-order valence-electron chi connectivity index (χ3n) is 4.09. The molecule has 130 valence electrons. The maximum atomic E-state index is 12.1. The van der Waals surface area contributed by atoms with Gasteiger partial charge in [-0.25, -0.2) is 0 Å². The summed E-state index contributed by atoms with van der Waals surface area (Å²) in [5.74, 6) is 0.517. The average Bonchev–Trinajstić information content (AvgIpc) is 3.42. The first-order valence-electron chi connectivity index (χ1n) is 8.42. The molecule has 0 heterocycles. The van der Waals surface area contributed by atoms with Crippen LogP contribution >= 0.6 is 0 Å². The zero-order chi connectivity index (χ0) is 17.8. The summed E-state index contributed by atoms with van der Waals surface area (Å²) in [6.07, 6.45) is 1.92. The lowest BCUT2D eigenvalue weighted by atomic mass is 10.1. The summed E-state index contributed by atoms with van der Waals surface area (Å²) >= 11 is 0. The van der Waals surface area contributed by atoms with Crippen LogP contribution in [0.2, 0.25) is 0 Å². The fourth-order valence-corrected chi connectivity index (χ4v) is 2.46. The van der Waals surface area contributed by atoms with E-state index in [2.05, 4.69) is 10.6 Å². The molecule has 25 heavy (non-hydrogen) atoms. The number of ether oxygens (including phenoxy) is 1. The van der Waals surface area contributed by atoms with Crippen molar-refractivity contribution >= 4 is 23.2 Å². The Kier molecular flexibility index (Phi) is 5.03. The predicted octanol–water partition coefficient (Wildman–Crippen LogP) is 3.67. The highest BCUT2D eigenvalue weighted by molar-refractivity contribution is 5.94. The molecule has 5 heteroatoms. The van der Waals surface area contributed by atoms with Gasteiger partial charge in [0.1, 0.15) is 5.75 Å². The minimum atomic E-state index is -0.221. The molecule has 0 aromatic heterocycles. The average molecular weight is 338 g/mol. The van der Waals surface area contributed by atoms with Crippen molar-refractivity contribution in [1.82, 2.24) is 0 Å². The van der Waals surface area contributed by atoms with E-state index in [0.717, 1.165) is 29.7 Å². The molecule has 0 unspecified atom stereocenters. The highest BCUT2D eigenvalue weighted by Crippen LogP contribution is 2.30. The number of carbonyl (C=O) groups is 2. The summed E-state index contributed by atoms with van der Waals surface area (Å²) in [6, 6.07) is 13.0. The van der Waals surface area contributed by atoms with Crippen molar-refractivity contribution in [3.63, 3.8) is 0 Å². The summed E-state index contributed by atoms with van der Waals surface area (Å²) in [7, 11) is 0. The molecule has 1 aliphatic carbocycles. The van der Waals surface area contributed by atoms with Crippen molar-refractivity contribution < 1.29 is 14.3 Å². The van der Waals surface area contributed by atoms with Gasteiger partial charge in [-0.05, 0) is 56.0 Å². The van der Waals surface area contributed by atoms with E-state index >= 15 is 0 Å². The van der Waals surface area contributed by atoms with E-state index in [0.29, 0.717) is 11.4 Å². The molecule has 0 saturated heterocycles. The lowest BCUT2D eigenvalue weighted by molar-refractivity contribution is -0.118. The second-order valence-corrected chi connectivity index (χ2v) is 6.45. The third kappa shape index (κ3) is 4.83. The van der Waals surface area contributed by atoms with Gasteiger partial charge in [-0.1, -0.05) is 18.2 Å². The maximum Gasteiger partial charge on any atom is 0.262 e. The molecule has 0 spiro atoms. The Balaban J connectivity index is 1.54. The molecule has 1 saturated carbocycles. The Hall–Kier alpha value is -2.82. The zero-order valence-corrected chi connectivity index (χ0v) is 14.5. The molecule has 2 amide bonds. The number of benzene rings is 2. The Labute approximate surface area is 147 Å². The molecule has 0 aliphatic heterocycles. The summed E-state index contributed by atoms with van der Waals surface area (Å²) in [5, 5.41) is 5.72. The number of hydrogen-bond donors (Lipinski definition) is 2. The van der Waals surface area contributed by atoms with Crippen LogP contribution in [0.5, 0.6) is 5.75 Å². The van der Waals surface area contributed by atoms with Gasteiger partial charge in [0, 0.05) is 23.4 Å². The van der Waals surface area contributed by atoms with Crippen LogP contribution < -0.4 is 15.4 Å². The number of amides is 2. The number of carbonyl (C=O) groups excluding carboxylic acids is 2. The number of aryl methyl sites for hydroxylation is 2. The van der Waals surface area contributed by atoms with Crippen LogP contribution in [0.3, 0.4) is 0 Å². The van der Waals surface area contributed by atoms with Crippen molar-refractivity contribution in [3.8, 4) is 5.75 Å². The maximum absolute atomic E-state index is 12.1. The first-order valence-corrected chi connectivity index (χ1v) is 8.42. The van der Waals surface area contributed by atoms with E-state index in [1.54, 1.807) is 18.2 Å². The lowest BCUT2D eigenvalue weighted by Gasteiger charge is -2.11. The normalized spacial score (nSPS) is 13.2. The Morgan fingerprint density at radius 3 is 2.64 bits per heavy atom. The quantitative estimate of drug-likeness (QED) is 0.844. The molecule has 2 N–H and O–H groups in total. The van der Waals surface area contributed by atoms with Crippen LogP contribution in [0.25, 0.3) is 0 Å². The highest BCUT2D eigenvalue weighted by atomic mass is 16.5. The number of rotatable bonds is 6. The van der Waals surface area contributed by atoms with Crippen LogP contribution in [-0.2, 0) is 9.59 Å². The fraction of sp³-hybridized carbons (Fsp3) is 0.300. The Bertz CT molecular complexity index is 797. The summed E-state index contributed by atoms with van der Waals surface area (Å²) in [4.78, 5) is 23.9. The Morgan fingerprint density at radius 1 is 1.08 bits per heavy atom. The minimum absolute atomic E-state index is 0.0461. The summed E-state index contributed by atoms with van der Waals surface area (Å²) in [6.45, 7) is 3.84. The van der Waals surface area contributed by atoms with E-state index in [1.807, 2.05) is 38.1 Å². The van der Waals surface area contributed by atoms with Crippen LogP contribution in [0.4, 0.5) is 11.4 Å². The van der Waals surface area contributed by atoms with Gasteiger partial charge >= 0.3 is 0 Å². The predicted molar refractivity (Wildman–Crippen MR) is 97.8 cm³/mol. The monoisotopic (exact) mass is 338 g/mol. The van der Waals surface area contributed by atoms with Crippen molar-refractivity contribution in [3.05, 3.63) is 53.6 Å². The first-order chi connectivity index (χ1) is 12.0. The second-order valence-electron chi connectivity index (χ2n) is 6.45. The highest BCUT2D eigenvalue weighted by Gasteiger charge is 2.29. The smallest absolute Gasteiger partial charge is 0.262 e. The largest absolute Gasteiger partial charge is 0.484 e. The molecule has 5 nitrogen and oxygen atoms in total. The zero-order valence-electron chi connectivity index (χ0n) is 14.5. The van der Waals surface area contributed by atoms with E-state index in [9.17, 15) is 9.59 Å². The standard InChI is InChI=1S/C20H22N2O3/c1-13-6-7-14(2)18(10-13)22-19(23)12-25-17-5-3-4-16(11-17)21-20(24)15-8-9-15/h3-7,10-11,15H,8-9,12H2,1-2H3,(H,21,24)(H,22,23). The van der Waals surface area contributed by atoms with Crippen molar-refractivity contribution in [2.24, 2.45) is 5.92 Å². The fourth-order valence-electron chi connectivity index (χ4n) is 2.46. The molecule has 1 aliphatic rings. The van der Waals surface area contributed by atoms with Gasteiger partial charge < -0.3 is 15.4 Å². The van der Waals surface area contributed by atoms with Crippen molar-refractivity contribution in [2.45, 2.75) is 26.7 Å². The van der Waals surface area contributed by atoms with E-state index in [1.165, 1.54) is 0 Å². The van der Waals surface area contributed by atoms with Crippen LogP contribution in [0, 0.1) is 19.8 Å². The molecule has 2 aromatic rings. The molecule has 0 bridgehead atoms. The van der Waals surface area contributed by atoms with Gasteiger partial charge in [0.05, 0.1) is 0 Å². The van der Waals surface area contributed by atoms with Gasteiger partial charge in [-0.15, -0.1) is 0 Å². The SMILES string of the molecule is Cc1ccc(C)c(NC(=O)COc2cccc(NC(=O)C3CC3)c2)c1. The molecule has 0 radical (unpaired) electrons. The molecule has 1 fully saturated rings. The van der Waals surface area contributed by atoms with Gasteiger partial charge in [0.15, 0.2) is 6.61 Å². The van der Waals surface area contributed by atoms with E-state index in [4.69, 9.17) is 4.74 Å². The summed E-state index contributed by atoms with van der Waals surface area (Å²) in [5.41, 5.74) is 3.56. The lowest BCUT2D eigenvalue weighted by Crippen LogP contribution is -2.20. The number of nitrogens with one attached hydrogen (secondary N) is 2. The molecule has 3 rings (SSSR count). The van der Waals surface area contributed by atoms with Gasteiger partial charge in [0.2, 0.25) is 5.91 Å². The summed E-state index contributed by atoms with van der Waals surface area (Å²) < 4.78 is 5.55. The number of hydrogen-bond acceptors (Lipinski definition) is 3. The van der Waals surface area contributed by atoms with Gasteiger partial charge in [-0.2, -0.15) is 0 Å². The van der Waals surface area contributed by atoms with Crippen LogP contribution in [0.1, 0.15) is 24.0 Å². The first kappa shape index (κ1) is 17.0. The van der Waals surface area contributed by atoms with E-state index in [-0.39, 0.29) is 24.3 Å². The molecule has 0 atom stereocenters. The van der Waals surface area contributed by atoms with Crippen molar-refractivity contribution in [2.75, 3.05) is 17.2 Å². The minimum Gasteiger partial charge on any atom is -0.484 e. The van der Waals surface area contributed by atoms with E-state index < -0.39 is 0 Å². The van der Waals surface area contributed by atoms with Crippen molar-refractivity contribution in [1.29, 1.82) is 0 Å². The Morgan fingerprint density at radius 2 is 1.88 bits per heavy atom. The van der Waals surface area contributed by atoms with Crippen LogP contribution in [-0.4, -0.2) is 18.4 Å². The molecular formula is C20H22N2O3. The molecule has 2 aromatic carbocycles. The number of anilines is 2. The van der Waals surface area contributed by atoms with Gasteiger partial charge in [-0.3, -0.25) is 9.59 Å². The van der Waals surface area contributed by atoms with Gasteiger partial charge in [0.25, 0.3) is 5.91 Å². The third-order valence-corrected chi connectivity index (χ3v) is 4.09.